The highest BCUT2D eigenvalue weighted by atomic mass is 16.5. The topological polar surface area (TPSA) is 71.5 Å². The summed E-state index contributed by atoms with van der Waals surface area (Å²) in [6.45, 7) is 1.86. The van der Waals surface area contributed by atoms with E-state index in [1.54, 1.807) is 29.6 Å². The number of fused-ring (bicyclic) bond motifs is 1. The third kappa shape index (κ3) is 3.39. The van der Waals surface area contributed by atoms with Gasteiger partial charge in [0.1, 0.15) is 0 Å². The van der Waals surface area contributed by atoms with Crippen LogP contribution in [0.1, 0.15) is 18.5 Å². The van der Waals surface area contributed by atoms with Gasteiger partial charge in [-0.25, -0.2) is 9.97 Å². The third-order valence-electron chi connectivity index (χ3n) is 5.17. The van der Waals surface area contributed by atoms with Crippen LogP contribution in [0, 0.1) is 5.92 Å². The smallest absolute Gasteiger partial charge is 0.227 e. The van der Waals surface area contributed by atoms with Crippen LogP contribution in [-0.2, 0) is 16.1 Å². The van der Waals surface area contributed by atoms with E-state index in [9.17, 15) is 4.79 Å². The molecule has 7 nitrogen and oxygen atoms in total. The van der Waals surface area contributed by atoms with Crippen molar-refractivity contribution in [2.24, 2.45) is 5.92 Å². The normalized spacial score (nSPS) is 25.0. The first-order valence-electron chi connectivity index (χ1n) is 9.02. The fraction of sp³-hybridized carbons (Fsp3) is 0.474. The van der Waals surface area contributed by atoms with Gasteiger partial charge in [0.15, 0.2) is 0 Å². The molecule has 0 aliphatic carbocycles. The Hall–Kier alpha value is -2.54. The number of aromatic nitrogens is 3. The van der Waals surface area contributed by atoms with Gasteiger partial charge >= 0.3 is 0 Å². The minimum Gasteiger partial charge on any atom is -0.376 e. The summed E-state index contributed by atoms with van der Waals surface area (Å²) in [6, 6.07) is 7.81. The van der Waals surface area contributed by atoms with Crippen molar-refractivity contribution in [3.63, 3.8) is 0 Å². The Morgan fingerprint density at radius 2 is 2.04 bits per heavy atom. The summed E-state index contributed by atoms with van der Waals surface area (Å²) < 4.78 is 5.91. The predicted octanol–water partition coefficient (Wildman–Crippen LogP) is 1.51. The first-order valence-corrected chi connectivity index (χ1v) is 9.02. The van der Waals surface area contributed by atoms with Gasteiger partial charge in [-0.3, -0.25) is 9.78 Å². The van der Waals surface area contributed by atoms with Crippen molar-refractivity contribution in [3.8, 4) is 0 Å². The largest absolute Gasteiger partial charge is 0.376 e. The second-order valence-electron chi connectivity index (χ2n) is 6.91. The second-order valence-corrected chi connectivity index (χ2v) is 6.91. The monoisotopic (exact) mass is 353 g/mol. The number of hydrogen-bond acceptors (Lipinski definition) is 6. The molecule has 1 amide bonds. The Kier molecular flexibility index (Phi) is 4.79. The standard InChI is InChI=1S/C19H23N5O2/c1-23(13-15-5-2-3-7-20-15)18(25)14-11-17-16(6-10-26-17)24(12-14)19-21-8-4-9-22-19/h2-5,7-9,14,16-17H,6,10-13H2,1H3/t14-,16-,17-/m1/s1. The van der Waals surface area contributed by atoms with Gasteiger partial charge < -0.3 is 14.5 Å². The molecule has 0 aromatic carbocycles. The minimum atomic E-state index is -0.133. The molecule has 0 bridgehead atoms. The van der Waals surface area contributed by atoms with Gasteiger partial charge in [0.05, 0.1) is 30.3 Å². The number of hydrogen-bond donors (Lipinski definition) is 0. The summed E-state index contributed by atoms with van der Waals surface area (Å²) in [6.07, 6.45) is 6.99. The van der Waals surface area contributed by atoms with Gasteiger partial charge in [-0.15, -0.1) is 0 Å². The molecule has 3 atom stereocenters. The van der Waals surface area contributed by atoms with Crippen LogP contribution in [0.25, 0.3) is 0 Å². The molecule has 0 unspecified atom stereocenters. The second kappa shape index (κ2) is 7.37. The highest BCUT2D eigenvalue weighted by molar-refractivity contribution is 5.79. The summed E-state index contributed by atoms with van der Waals surface area (Å²) in [5.74, 6) is 0.662. The lowest BCUT2D eigenvalue weighted by Crippen LogP contribution is -2.53. The zero-order valence-corrected chi connectivity index (χ0v) is 14.9. The van der Waals surface area contributed by atoms with E-state index in [2.05, 4.69) is 19.9 Å². The van der Waals surface area contributed by atoms with Crippen molar-refractivity contribution in [3.05, 3.63) is 48.5 Å². The Morgan fingerprint density at radius 3 is 2.81 bits per heavy atom. The zero-order chi connectivity index (χ0) is 17.9. The fourth-order valence-corrected chi connectivity index (χ4v) is 3.92. The quantitative estimate of drug-likeness (QED) is 0.830. The first-order chi connectivity index (χ1) is 12.7. The molecule has 26 heavy (non-hydrogen) atoms. The molecule has 2 aromatic heterocycles. The van der Waals surface area contributed by atoms with Crippen molar-refractivity contribution in [2.45, 2.75) is 31.5 Å². The highest BCUT2D eigenvalue weighted by Crippen LogP contribution is 2.33. The molecule has 0 spiro atoms. The molecule has 2 fully saturated rings. The molecule has 2 aromatic rings. The van der Waals surface area contributed by atoms with Gasteiger partial charge in [0.25, 0.3) is 0 Å². The molecule has 0 N–H and O–H groups in total. The number of carbonyl (C=O) groups excluding carboxylic acids is 1. The summed E-state index contributed by atoms with van der Waals surface area (Å²) in [4.78, 5) is 30.1. The van der Waals surface area contributed by atoms with Crippen LogP contribution in [0.4, 0.5) is 5.95 Å². The molecule has 4 rings (SSSR count). The lowest BCUT2D eigenvalue weighted by atomic mass is 9.89. The highest BCUT2D eigenvalue weighted by Gasteiger charge is 2.43. The van der Waals surface area contributed by atoms with E-state index in [-0.39, 0.29) is 24.0 Å². The van der Waals surface area contributed by atoms with Crippen LogP contribution >= 0.6 is 0 Å². The number of pyridine rings is 1. The van der Waals surface area contributed by atoms with Crippen LogP contribution in [0.3, 0.4) is 0 Å². The summed E-state index contributed by atoms with van der Waals surface area (Å²) >= 11 is 0. The van der Waals surface area contributed by atoms with Gasteiger partial charge in [-0.1, -0.05) is 6.07 Å². The number of piperidine rings is 1. The maximum absolute atomic E-state index is 13.0. The van der Waals surface area contributed by atoms with Crippen molar-refractivity contribution in [2.75, 3.05) is 25.1 Å². The molecular weight excluding hydrogens is 330 g/mol. The van der Waals surface area contributed by atoms with Gasteiger partial charge in [-0.2, -0.15) is 0 Å². The average molecular weight is 353 g/mol. The van der Waals surface area contributed by atoms with E-state index >= 15 is 0 Å². The first kappa shape index (κ1) is 16.9. The summed E-state index contributed by atoms with van der Waals surface area (Å²) in [5.41, 5.74) is 0.886. The molecule has 4 heterocycles. The Labute approximate surface area is 153 Å². The van der Waals surface area contributed by atoms with Crippen molar-refractivity contribution in [1.29, 1.82) is 0 Å². The van der Waals surface area contributed by atoms with E-state index in [1.165, 1.54) is 0 Å². The van der Waals surface area contributed by atoms with Gasteiger partial charge in [0, 0.05) is 38.8 Å². The maximum Gasteiger partial charge on any atom is 0.227 e. The Morgan fingerprint density at radius 1 is 1.23 bits per heavy atom. The average Bonchev–Trinajstić information content (AvgIpc) is 3.16. The minimum absolute atomic E-state index is 0.0600. The van der Waals surface area contributed by atoms with E-state index < -0.39 is 0 Å². The van der Waals surface area contributed by atoms with Crippen LogP contribution < -0.4 is 4.90 Å². The summed E-state index contributed by atoms with van der Waals surface area (Å²) in [7, 11) is 1.84. The number of nitrogens with zero attached hydrogens (tertiary/aromatic N) is 5. The molecule has 2 aliphatic heterocycles. The number of ether oxygens (including phenoxy) is 1. The number of rotatable bonds is 4. The zero-order valence-electron chi connectivity index (χ0n) is 14.9. The van der Waals surface area contributed by atoms with Crippen LogP contribution in [0.15, 0.2) is 42.9 Å². The molecule has 0 saturated carbocycles. The van der Waals surface area contributed by atoms with E-state index in [4.69, 9.17) is 4.74 Å². The van der Waals surface area contributed by atoms with Crippen molar-refractivity contribution >= 4 is 11.9 Å². The maximum atomic E-state index is 13.0. The molecule has 2 aliphatic rings. The van der Waals surface area contributed by atoms with Crippen LogP contribution in [0.2, 0.25) is 0 Å². The summed E-state index contributed by atoms with van der Waals surface area (Å²) in [5, 5.41) is 0. The van der Waals surface area contributed by atoms with Gasteiger partial charge in [0.2, 0.25) is 11.9 Å². The Bertz CT molecular complexity index is 742. The molecule has 136 valence electrons. The molecule has 0 radical (unpaired) electrons. The molecular formula is C19H23N5O2. The lowest BCUT2D eigenvalue weighted by Gasteiger charge is -2.41. The Balaban J connectivity index is 1.50. The van der Waals surface area contributed by atoms with Crippen LogP contribution in [0.5, 0.6) is 0 Å². The number of anilines is 1. The third-order valence-corrected chi connectivity index (χ3v) is 5.17. The number of amides is 1. The number of carbonyl (C=O) groups is 1. The van der Waals surface area contributed by atoms with Gasteiger partial charge in [-0.05, 0) is 31.0 Å². The molecule has 2 saturated heterocycles. The predicted molar refractivity (Wildman–Crippen MR) is 96.3 cm³/mol. The van der Waals surface area contributed by atoms with Crippen LogP contribution in [-0.4, -0.2) is 58.1 Å². The molecule has 7 heteroatoms. The fourth-order valence-electron chi connectivity index (χ4n) is 3.92. The SMILES string of the molecule is CN(Cc1ccccn1)C(=O)[C@@H]1C[C@H]2OCC[C@H]2N(c2ncccn2)C1. The lowest BCUT2D eigenvalue weighted by molar-refractivity contribution is -0.136. The van der Waals surface area contributed by atoms with E-state index in [1.807, 2.05) is 25.2 Å². The van der Waals surface area contributed by atoms with E-state index in [0.717, 1.165) is 25.1 Å². The van der Waals surface area contributed by atoms with Crippen molar-refractivity contribution in [1.82, 2.24) is 19.9 Å². The van der Waals surface area contributed by atoms with Crippen molar-refractivity contribution < 1.29 is 9.53 Å². The van der Waals surface area contributed by atoms with E-state index in [0.29, 0.717) is 19.0 Å².